The Morgan fingerprint density at radius 3 is 2.43 bits per heavy atom. The van der Waals surface area contributed by atoms with Crippen LogP contribution in [0.4, 0.5) is 0 Å². The second-order valence-corrected chi connectivity index (χ2v) is 5.47. The van der Waals surface area contributed by atoms with Gasteiger partial charge in [0.15, 0.2) is 11.5 Å². The van der Waals surface area contributed by atoms with Crippen molar-refractivity contribution in [2.45, 2.75) is 19.3 Å². The average molecular weight is 284 g/mol. The number of fused-ring (bicyclic) bond motifs is 1. The molecule has 1 unspecified atom stereocenters. The van der Waals surface area contributed by atoms with Crippen molar-refractivity contribution in [2.24, 2.45) is 0 Å². The summed E-state index contributed by atoms with van der Waals surface area (Å²) < 4.78 is 11.1. The van der Waals surface area contributed by atoms with Crippen LogP contribution in [0, 0.1) is 6.92 Å². The summed E-state index contributed by atoms with van der Waals surface area (Å²) in [6.07, 6.45) is 0.788. The Hall–Kier alpha value is -2.00. The standard InChI is InChI=1S/C18H20O3/c1-13-2-5-15(6-3-13)16(12-19)10-14-4-7-17-18(11-14)21-9-8-20-17/h2-7,11,16,19H,8-10,12H2,1H3. The maximum Gasteiger partial charge on any atom is 0.161 e. The van der Waals surface area contributed by atoms with Gasteiger partial charge in [-0.15, -0.1) is 0 Å². The van der Waals surface area contributed by atoms with Gasteiger partial charge in [-0.2, -0.15) is 0 Å². The van der Waals surface area contributed by atoms with Gasteiger partial charge < -0.3 is 14.6 Å². The maximum absolute atomic E-state index is 9.69. The summed E-state index contributed by atoms with van der Waals surface area (Å²) in [5, 5.41) is 9.69. The third kappa shape index (κ3) is 3.19. The number of aliphatic hydroxyl groups excluding tert-OH is 1. The molecule has 1 N–H and O–H groups in total. The molecule has 3 nitrogen and oxygen atoms in total. The molecule has 1 heterocycles. The summed E-state index contributed by atoms with van der Waals surface area (Å²) in [6, 6.07) is 14.4. The highest BCUT2D eigenvalue weighted by molar-refractivity contribution is 5.44. The Bertz CT molecular complexity index is 604. The van der Waals surface area contributed by atoms with Gasteiger partial charge in [0, 0.05) is 5.92 Å². The lowest BCUT2D eigenvalue weighted by molar-refractivity contribution is 0.171. The quantitative estimate of drug-likeness (QED) is 0.937. The number of ether oxygens (including phenoxy) is 2. The SMILES string of the molecule is Cc1ccc(C(CO)Cc2ccc3c(c2)OCCO3)cc1. The predicted octanol–water partition coefficient (Wildman–Crippen LogP) is 3.08. The van der Waals surface area contributed by atoms with E-state index in [0.717, 1.165) is 29.0 Å². The molecule has 0 saturated heterocycles. The van der Waals surface area contributed by atoms with E-state index in [1.54, 1.807) is 0 Å². The monoisotopic (exact) mass is 284 g/mol. The van der Waals surface area contributed by atoms with Gasteiger partial charge in [0.05, 0.1) is 6.61 Å². The van der Waals surface area contributed by atoms with Gasteiger partial charge in [-0.25, -0.2) is 0 Å². The molecule has 0 saturated carbocycles. The molecular formula is C18H20O3. The zero-order valence-electron chi connectivity index (χ0n) is 12.2. The van der Waals surface area contributed by atoms with Crippen LogP contribution >= 0.6 is 0 Å². The van der Waals surface area contributed by atoms with Crippen LogP contribution < -0.4 is 9.47 Å². The van der Waals surface area contributed by atoms with E-state index in [1.165, 1.54) is 5.56 Å². The van der Waals surface area contributed by atoms with Gasteiger partial charge in [0.1, 0.15) is 13.2 Å². The van der Waals surface area contributed by atoms with E-state index >= 15 is 0 Å². The third-order valence-corrected chi connectivity index (χ3v) is 3.86. The van der Waals surface area contributed by atoms with Crippen LogP contribution in [-0.4, -0.2) is 24.9 Å². The Labute approximate surface area is 125 Å². The van der Waals surface area contributed by atoms with Crippen molar-refractivity contribution in [3.05, 3.63) is 59.2 Å². The number of aliphatic hydroxyl groups is 1. The summed E-state index contributed by atoms with van der Waals surface area (Å²) in [5.41, 5.74) is 3.55. The fourth-order valence-corrected chi connectivity index (χ4v) is 2.63. The van der Waals surface area contributed by atoms with Gasteiger partial charge in [0.2, 0.25) is 0 Å². The van der Waals surface area contributed by atoms with Crippen molar-refractivity contribution >= 4 is 0 Å². The molecule has 21 heavy (non-hydrogen) atoms. The van der Waals surface area contributed by atoms with Crippen LogP contribution in [0.15, 0.2) is 42.5 Å². The molecule has 1 aliphatic rings. The summed E-state index contributed by atoms with van der Waals surface area (Å²) >= 11 is 0. The summed E-state index contributed by atoms with van der Waals surface area (Å²) in [7, 11) is 0. The molecule has 110 valence electrons. The molecule has 0 bridgehead atoms. The van der Waals surface area contributed by atoms with Crippen molar-refractivity contribution in [3.8, 4) is 11.5 Å². The highest BCUT2D eigenvalue weighted by atomic mass is 16.6. The van der Waals surface area contributed by atoms with E-state index in [2.05, 4.69) is 31.2 Å². The van der Waals surface area contributed by atoms with E-state index in [9.17, 15) is 5.11 Å². The first-order valence-corrected chi connectivity index (χ1v) is 7.32. The van der Waals surface area contributed by atoms with Crippen molar-refractivity contribution in [2.75, 3.05) is 19.8 Å². The van der Waals surface area contributed by atoms with Crippen LogP contribution in [-0.2, 0) is 6.42 Å². The van der Waals surface area contributed by atoms with Crippen LogP contribution in [0.5, 0.6) is 11.5 Å². The van der Waals surface area contributed by atoms with Crippen LogP contribution in [0.2, 0.25) is 0 Å². The Balaban J connectivity index is 1.79. The largest absolute Gasteiger partial charge is 0.486 e. The minimum Gasteiger partial charge on any atom is -0.486 e. The summed E-state index contributed by atoms with van der Waals surface area (Å²) in [4.78, 5) is 0. The molecule has 0 radical (unpaired) electrons. The van der Waals surface area contributed by atoms with Crippen molar-refractivity contribution in [3.63, 3.8) is 0 Å². The maximum atomic E-state index is 9.69. The van der Waals surface area contributed by atoms with Crippen molar-refractivity contribution < 1.29 is 14.6 Å². The van der Waals surface area contributed by atoms with Gasteiger partial charge in [-0.1, -0.05) is 35.9 Å². The molecule has 0 spiro atoms. The molecule has 2 aromatic carbocycles. The molecular weight excluding hydrogens is 264 g/mol. The fourth-order valence-electron chi connectivity index (χ4n) is 2.63. The topological polar surface area (TPSA) is 38.7 Å². The van der Waals surface area contributed by atoms with Crippen LogP contribution in [0.1, 0.15) is 22.6 Å². The van der Waals surface area contributed by atoms with Gasteiger partial charge in [-0.3, -0.25) is 0 Å². The lowest BCUT2D eigenvalue weighted by Crippen LogP contribution is -2.15. The third-order valence-electron chi connectivity index (χ3n) is 3.86. The zero-order chi connectivity index (χ0) is 14.7. The second-order valence-electron chi connectivity index (χ2n) is 5.47. The predicted molar refractivity (Wildman–Crippen MR) is 82.1 cm³/mol. The number of aryl methyl sites for hydroxylation is 1. The van der Waals surface area contributed by atoms with Gasteiger partial charge >= 0.3 is 0 Å². The van der Waals surface area contributed by atoms with Crippen molar-refractivity contribution in [1.82, 2.24) is 0 Å². The Morgan fingerprint density at radius 2 is 1.71 bits per heavy atom. The van der Waals surface area contributed by atoms with E-state index in [1.807, 2.05) is 18.2 Å². The summed E-state index contributed by atoms with van der Waals surface area (Å²) in [6.45, 7) is 3.41. The summed E-state index contributed by atoms with van der Waals surface area (Å²) in [5.74, 6) is 1.72. The molecule has 3 rings (SSSR count). The highest BCUT2D eigenvalue weighted by Gasteiger charge is 2.15. The van der Waals surface area contributed by atoms with E-state index in [-0.39, 0.29) is 12.5 Å². The van der Waals surface area contributed by atoms with E-state index in [4.69, 9.17) is 9.47 Å². The number of hydrogen-bond acceptors (Lipinski definition) is 3. The molecule has 2 aromatic rings. The minimum absolute atomic E-state index is 0.105. The highest BCUT2D eigenvalue weighted by Crippen LogP contribution is 2.32. The molecule has 0 fully saturated rings. The molecule has 1 atom stereocenters. The molecule has 3 heteroatoms. The zero-order valence-corrected chi connectivity index (χ0v) is 12.2. The first kappa shape index (κ1) is 14.0. The fraction of sp³-hybridized carbons (Fsp3) is 0.333. The Kier molecular flexibility index (Phi) is 4.11. The molecule has 1 aliphatic heterocycles. The molecule has 0 aromatic heterocycles. The second kappa shape index (κ2) is 6.19. The van der Waals surface area contributed by atoms with E-state index in [0.29, 0.717) is 13.2 Å². The normalized spacial score (nSPS) is 14.8. The first-order chi connectivity index (χ1) is 10.3. The first-order valence-electron chi connectivity index (χ1n) is 7.32. The lowest BCUT2D eigenvalue weighted by atomic mass is 9.92. The number of hydrogen-bond donors (Lipinski definition) is 1. The van der Waals surface area contributed by atoms with Crippen LogP contribution in [0.25, 0.3) is 0 Å². The number of benzene rings is 2. The number of rotatable bonds is 4. The van der Waals surface area contributed by atoms with Gasteiger partial charge in [-0.05, 0) is 36.6 Å². The smallest absolute Gasteiger partial charge is 0.161 e. The van der Waals surface area contributed by atoms with Crippen LogP contribution in [0.3, 0.4) is 0 Å². The average Bonchev–Trinajstić information content (AvgIpc) is 2.53. The molecule has 0 aliphatic carbocycles. The Morgan fingerprint density at radius 1 is 1.00 bits per heavy atom. The van der Waals surface area contributed by atoms with Gasteiger partial charge in [0.25, 0.3) is 0 Å². The molecule has 0 amide bonds. The minimum atomic E-state index is 0.105. The lowest BCUT2D eigenvalue weighted by Gasteiger charge is -2.20. The van der Waals surface area contributed by atoms with E-state index < -0.39 is 0 Å². The van der Waals surface area contributed by atoms with Crippen molar-refractivity contribution in [1.29, 1.82) is 0 Å².